The number of carbonyl (C=O) groups is 2. The van der Waals surface area contributed by atoms with Crippen molar-refractivity contribution >= 4 is 35.6 Å². The van der Waals surface area contributed by atoms with Crippen molar-refractivity contribution in [1.29, 1.82) is 0 Å². The number of benzene rings is 2. The van der Waals surface area contributed by atoms with E-state index in [0.717, 1.165) is 5.56 Å². The lowest BCUT2D eigenvalue weighted by Gasteiger charge is -2.17. The van der Waals surface area contributed by atoms with E-state index in [1.165, 1.54) is 0 Å². The second kappa shape index (κ2) is 9.94. The average molecular weight is 376 g/mol. The molecule has 1 atom stereocenters. The number of halogens is 1. The molecule has 0 aliphatic rings. The average Bonchev–Trinajstić information content (AvgIpc) is 2.58. The number of hydrogen-bond donors (Lipinski definition) is 3. The van der Waals surface area contributed by atoms with Crippen LogP contribution in [0.15, 0.2) is 48.5 Å². The van der Waals surface area contributed by atoms with Crippen molar-refractivity contribution in [3.8, 4) is 0 Å². The first-order valence-corrected chi connectivity index (χ1v) is 8.41. The monoisotopic (exact) mass is 375 g/mol. The Hall–Kier alpha value is -2.37. The Morgan fingerprint density at radius 3 is 2.12 bits per heavy atom. The molecule has 0 aromatic heterocycles. The zero-order chi connectivity index (χ0) is 18.4. The van der Waals surface area contributed by atoms with Gasteiger partial charge in [0.25, 0.3) is 5.91 Å². The Labute approximate surface area is 160 Å². The van der Waals surface area contributed by atoms with Gasteiger partial charge in [-0.3, -0.25) is 9.59 Å². The van der Waals surface area contributed by atoms with E-state index in [2.05, 4.69) is 10.6 Å². The van der Waals surface area contributed by atoms with Crippen LogP contribution in [0.2, 0.25) is 0 Å². The maximum Gasteiger partial charge on any atom is 0.255 e. The van der Waals surface area contributed by atoms with E-state index in [1.807, 2.05) is 39.0 Å². The van der Waals surface area contributed by atoms with Gasteiger partial charge in [-0.05, 0) is 49.1 Å². The molecule has 0 bridgehead atoms. The summed E-state index contributed by atoms with van der Waals surface area (Å²) < 4.78 is 0. The fraction of sp³-hybridized carbons (Fsp3) is 0.300. The molecule has 0 heterocycles. The van der Waals surface area contributed by atoms with Crippen LogP contribution < -0.4 is 16.4 Å². The number of rotatable bonds is 6. The molecule has 0 aliphatic heterocycles. The van der Waals surface area contributed by atoms with Gasteiger partial charge in [0.2, 0.25) is 5.91 Å². The molecular formula is C20H26ClN3O2. The van der Waals surface area contributed by atoms with Gasteiger partial charge in [0.1, 0.15) is 0 Å². The number of carbonyl (C=O) groups excluding carboxylic acids is 2. The molecule has 4 N–H and O–H groups in total. The largest absolute Gasteiger partial charge is 0.324 e. The molecular weight excluding hydrogens is 350 g/mol. The Morgan fingerprint density at radius 2 is 1.54 bits per heavy atom. The van der Waals surface area contributed by atoms with E-state index < -0.39 is 6.04 Å². The number of anilines is 2. The van der Waals surface area contributed by atoms with E-state index in [4.69, 9.17) is 5.73 Å². The molecule has 0 radical (unpaired) electrons. The first kappa shape index (κ1) is 21.7. The molecule has 2 rings (SSSR count). The molecule has 140 valence electrons. The van der Waals surface area contributed by atoms with Crippen molar-refractivity contribution in [2.24, 2.45) is 11.7 Å². The Kier molecular flexibility index (Phi) is 8.29. The minimum absolute atomic E-state index is 0. The minimum Gasteiger partial charge on any atom is -0.324 e. The summed E-state index contributed by atoms with van der Waals surface area (Å²) in [6.07, 6.45) is 0.620. The van der Waals surface area contributed by atoms with Crippen LogP contribution in [0, 0.1) is 12.8 Å². The van der Waals surface area contributed by atoms with Crippen molar-refractivity contribution in [1.82, 2.24) is 0 Å². The summed E-state index contributed by atoms with van der Waals surface area (Å²) in [7, 11) is 0. The number of nitrogens with two attached hydrogens (primary N) is 1. The summed E-state index contributed by atoms with van der Waals surface area (Å²) >= 11 is 0. The van der Waals surface area contributed by atoms with Crippen LogP contribution in [0.25, 0.3) is 0 Å². The summed E-state index contributed by atoms with van der Waals surface area (Å²) in [6.45, 7) is 5.90. The van der Waals surface area contributed by atoms with E-state index in [1.54, 1.807) is 30.3 Å². The van der Waals surface area contributed by atoms with E-state index in [9.17, 15) is 9.59 Å². The highest BCUT2D eigenvalue weighted by atomic mass is 35.5. The summed E-state index contributed by atoms with van der Waals surface area (Å²) in [5, 5.41) is 5.73. The van der Waals surface area contributed by atoms with Gasteiger partial charge in [-0.15, -0.1) is 12.4 Å². The smallest absolute Gasteiger partial charge is 0.255 e. The first-order valence-electron chi connectivity index (χ1n) is 8.41. The fourth-order valence-electron chi connectivity index (χ4n) is 2.53. The highest BCUT2D eigenvalue weighted by Gasteiger charge is 2.17. The maximum atomic E-state index is 12.3. The van der Waals surface area contributed by atoms with Gasteiger partial charge in [-0.25, -0.2) is 0 Å². The van der Waals surface area contributed by atoms with Crippen molar-refractivity contribution < 1.29 is 9.59 Å². The third-order valence-electron chi connectivity index (χ3n) is 3.94. The standard InChI is InChI=1S/C20H25N3O2.ClH/c1-13(2)12-16(21)20(25)23-18-11-7-10-17(14(18)3)22-19(24)15-8-5-4-6-9-15;/h4-11,13,16H,12,21H2,1-3H3,(H,22,24)(H,23,25);1H/t16-;/m0./s1. The zero-order valence-corrected chi connectivity index (χ0v) is 16.1. The molecule has 0 saturated carbocycles. The van der Waals surface area contributed by atoms with E-state index in [0.29, 0.717) is 29.3 Å². The molecule has 2 aromatic carbocycles. The molecule has 5 nitrogen and oxygen atoms in total. The third-order valence-corrected chi connectivity index (χ3v) is 3.94. The van der Waals surface area contributed by atoms with Gasteiger partial charge in [-0.1, -0.05) is 38.1 Å². The number of hydrogen-bond acceptors (Lipinski definition) is 3. The predicted molar refractivity (Wildman–Crippen MR) is 109 cm³/mol. The molecule has 0 saturated heterocycles. The Balaban J connectivity index is 0.00000338. The van der Waals surface area contributed by atoms with Crippen LogP contribution in [0.3, 0.4) is 0 Å². The van der Waals surface area contributed by atoms with Gasteiger partial charge in [-0.2, -0.15) is 0 Å². The lowest BCUT2D eigenvalue weighted by molar-refractivity contribution is -0.117. The van der Waals surface area contributed by atoms with Gasteiger partial charge >= 0.3 is 0 Å². The van der Waals surface area contributed by atoms with Crippen LogP contribution in [0.5, 0.6) is 0 Å². The summed E-state index contributed by atoms with van der Waals surface area (Å²) in [5.41, 5.74) is 8.60. The molecule has 0 fully saturated rings. The maximum absolute atomic E-state index is 12.3. The predicted octanol–water partition coefficient (Wildman–Crippen LogP) is 3.98. The Morgan fingerprint density at radius 1 is 0.962 bits per heavy atom. The summed E-state index contributed by atoms with van der Waals surface area (Å²) in [6, 6.07) is 13.8. The first-order chi connectivity index (χ1) is 11.9. The van der Waals surface area contributed by atoms with Crippen molar-refractivity contribution in [2.75, 3.05) is 10.6 Å². The van der Waals surface area contributed by atoms with Gasteiger partial charge in [0, 0.05) is 16.9 Å². The molecule has 2 aromatic rings. The van der Waals surface area contributed by atoms with E-state index in [-0.39, 0.29) is 24.2 Å². The highest BCUT2D eigenvalue weighted by Crippen LogP contribution is 2.24. The van der Waals surface area contributed by atoms with Crippen LogP contribution in [-0.4, -0.2) is 17.9 Å². The van der Waals surface area contributed by atoms with Gasteiger partial charge in [0.15, 0.2) is 0 Å². The number of nitrogens with one attached hydrogen (secondary N) is 2. The van der Waals surface area contributed by atoms with Crippen LogP contribution in [0.1, 0.15) is 36.2 Å². The summed E-state index contributed by atoms with van der Waals surface area (Å²) in [4.78, 5) is 24.5. The molecule has 2 amide bonds. The fourth-order valence-corrected chi connectivity index (χ4v) is 2.53. The lowest BCUT2D eigenvalue weighted by Crippen LogP contribution is -2.36. The van der Waals surface area contributed by atoms with Crippen molar-refractivity contribution in [3.63, 3.8) is 0 Å². The second-order valence-corrected chi connectivity index (χ2v) is 6.52. The number of amides is 2. The van der Waals surface area contributed by atoms with E-state index >= 15 is 0 Å². The van der Waals surface area contributed by atoms with Crippen LogP contribution >= 0.6 is 12.4 Å². The third kappa shape index (κ3) is 5.86. The topological polar surface area (TPSA) is 84.2 Å². The molecule has 0 aliphatic carbocycles. The second-order valence-electron chi connectivity index (χ2n) is 6.52. The zero-order valence-electron chi connectivity index (χ0n) is 15.3. The SMILES string of the molecule is Cc1c(NC(=O)c2ccccc2)cccc1NC(=O)[C@@H](N)CC(C)C.Cl. The summed E-state index contributed by atoms with van der Waals surface area (Å²) in [5.74, 6) is -0.0645. The lowest BCUT2D eigenvalue weighted by atomic mass is 10.0. The minimum atomic E-state index is -0.554. The Bertz CT molecular complexity index is 748. The van der Waals surface area contributed by atoms with Crippen LogP contribution in [0.4, 0.5) is 11.4 Å². The molecule has 26 heavy (non-hydrogen) atoms. The quantitative estimate of drug-likeness (QED) is 0.713. The van der Waals surface area contributed by atoms with Crippen molar-refractivity contribution in [3.05, 3.63) is 59.7 Å². The molecule has 0 spiro atoms. The van der Waals surface area contributed by atoms with Gasteiger partial charge in [0.05, 0.1) is 6.04 Å². The van der Waals surface area contributed by atoms with Crippen molar-refractivity contribution in [2.45, 2.75) is 33.2 Å². The van der Waals surface area contributed by atoms with Crippen LogP contribution in [-0.2, 0) is 4.79 Å². The highest BCUT2D eigenvalue weighted by molar-refractivity contribution is 6.05. The molecule has 6 heteroatoms. The molecule has 0 unspecified atom stereocenters. The normalized spacial score (nSPS) is 11.4. The van der Waals surface area contributed by atoms with Gasteiger partial charge < -0.3 is 16.4 Å².